The van der Waals surface area contributed by atoms with Crippen LogP contribution in [0.15, 0.2) is 146 Å². The third-order valence-corrected chi connectivity index (χ3v) is 9.03. The fourth-order valence-electron chi connectivity index (χ4n) is 5.87. The molecular formula is C43H40N2O3. The molecule has 0 amide bonds. The molecule has 0 saturated carbocycles. The summed E-state index contributed by atoms with van der Waals surface area (Å²) in [5, 5.41) is 0. The summed E-state index contributed by atoms with van der Waals surface area (Å²) in [5.74, 6) is 2.66. The maximum Gasteiger partial charge on any atom is 0.193 e. The van der Waals surface area contributed by atoms with Crippen molar-refractivity contribution in [3.05, 3.63) is 179 Å². The van der Waals surface area contributed by atoms with Crippen LogP contribution >= 0.6 is 0 Å². The number of hydrogen-bond acceptors (Lipinski definition) is 5. The third-order valence-electron chi connectivity index (χ3n) is 9.03. The lowest BCUT2D eigenvalue weighted by atomic mass is 9.78. The Hall–Kier alpha value is -5.81. The fourth-order valence-corrected chi connectivity index (χ4v) is 5.87. The highest BCUT2D eigenvalue weighted by molar-refractivity contribution is 6.09. The Morgan fingerprint density at radius 3 is 1.12 bits per heavy atom. The van der Waals surface area contributed by atoms with Gasteiger partial charge in [0.1, 0.15) is 23.0 Å². The Morgan fingerprint density at radius 2 is 0.771 bits per heavy atom. The van der Waals surface area contributed by atoms with Crippen LogP contribution < -0.4 is 20.9 Å². The molecule has 0 saturated heterocycles. The molecule has 240 valence electrons. The van der Waals surface area contributed by atoms with Gasteiger partial charge in [-0.25, -0.2) is 0 Å². The molecule has 0 atom stereocenters. The molecule has 0 bridgehead atoms. The normalized spacial score (nSPS) is 11.6. The standard InChI is InChI=1S/C43H40N2O3/c1-42(2,31-9-5-13-35(44)25-31)33-11-7-15-39(27-33)47-37-21-17-29(18-22-37)41(46)30-19-23-38(24-20-30)48-40-16-8-12-34(28-40)43(3,4)32-10-6-14-36(45)26-32/h5-28H,44-45H2,1-4H3. The average molecular weight is 633 g/mol. The fraction of sp³-hybridized carbons (Fsp3) is 0.140. The van der Waals surface area contributed by atoms with Crippen LogP contribution in [0, 0.1) is 0 Å². The molecular weight excluding hydrogens is 592 g/mol. The molecule has 0 aliphatic heterocycles. The summed E-state index contributed by atoms with van der Waals surface area (Å²) in [6.07, 6.45) is 0. The molecule has 48 heavy (non-hydrogen) atoms. The number of rotatable bonds is 10. The smallest absolute Gasteiger partial charge is 0.193 e. The van der Waals surface area contributed by atoms with E-state index in [1.807, 2.05) is 97.1 Å². The topological polar surface area (TPSA) is 87.6 Å². The molecule has 6 aromatic carbocycles. The lowest BCUT2D eigenvalue weighted by Crippen LogP contribution is -2.19. The van der Waals surface area contributed by atoms with Gasteiger partial charge in [0.25, 0.3) is 0 Å². The van der Waals surface area contributed by atoms with E-state index in [0.717, 1.165) is 45.1 Å². The number of nitrogen functional groups attached to an aromatic ring is 2. The van der Waals surface area contributed by atoms with E-state index in [0.29, 0.717) is 22.6 Å². The summed E-state index contributed by atoms with van der Waals surface area (Å²) in [4.78, 5) is 13.3. The quantitative estimate of drug-likeness (QED) is 0.116. The molecule has 4 N–H and O–H groups in total. The first-order valence-corrected chi connectivity index (χ1v) is 16.0. The van der Waals surface area contributed by atoms with E-state index in [1.165, 1.54) is 0 Å². The summed E-state index contributed by atoms with van der Waals surface area (Å²) in [6.45, 7) is 8.68. The molecule has 6 aromatic rings. The highest BCUT2D eigenvalue weighted by atomic mass is 16.5. The Bertz CT molecular complexity index is 1910. The molecule has 0 unspecified atom stereocenters. The number of anilines is 2. The predicted octanol–water partition coefficient (Wildman–Crippen LogP) is 10.3. The van der Waals surface area contributed by atoms with Crippen LogP contribution in [0.2, 0.25) is 0 Å². The minimum absolute atomic E-state index is 0.0788. The van der Waals surface area contributed by atoms with E-state index in [4.69, 9.17) is 20.9 Å². The number of nitrogens with two attached hydrogens (primary N) is 2. The van der Waals surface area contributed by atoms with Crippen molar-refractivity contribution in [3.63, 3.8) is 0 Å². The molecule has 0 aliphatic carbocycles. The second-order valence-corrected chi connectivity index (χ2v) is 13.1. The van der Waals surface area contributed by atoms with Gasteiger partial charge in [-0.15, -0.1) is 0 Å². The van der Waals surface area contributed by atoms with Gasteiger partial charge in [-0.3, -0.25) is 4.79 Å². The monoisotopic (exact) mass is 632 g/mol. The summed E-state index contributed by atoms with van der Waals surface area (Å²) in [5.41, 5.74) is 18.7. The molecule has 5 nitrogen and oxygen atoms in total. The van der Waals surface area contributed by atoms with Crippen molar-refractivity contribution >= 4 is 17.2 Å². The van der Waals surface area contributed by atoms with Crippen molar-refractivity contribution in [3.8, 4) is 23.0 Å². The zero-order valence-corrected chi connectivity index (χ0v) is 27.7. The number of ketones is 1. The zero-order chi connectivity index (χ0) is 33.9. The number of ether oxygens (including phenoxy) is 2. The van der Waals surface area contributed by atoms with Crippen molar-refractivity contribution in [2.24, 2.45) is 0 Å². The van der Waals surface area contributed by atoms with Gasteiger partial charge in [0, 0.05) is 33.3 Å². The van der Waals surface area contributed by atoms with Gasteiger partial charge in [-0.2, -0.15) is 0 Å². The summed E-state index contributed by atoms with van der Waals surface area (Å²) in [7, 11) is 0. The highest BCUT2D eigenvalue weighted by Crippen LogP contribution is 2.36. The molecule has 6 rings (SSSR count). The first kappa shape index (κ1) is 32.1. The van der Waals surface area contributed by atoms with Gasteiger partial charge in [0.2, 0.25) is 0 Å². The molecule has 0 aliphatic rings. The largest absolute Gasteiger partial charge is 0.457 e. The van der Waals surface area contributed by atoms with Crippen LogP contribution in [-0.2, 0) is 10.8 Å². The van der Waals surface area contributed by atoms with E-state index in [-0.39, 0.29) is 16.6 Å². The summed E-state index contributed by atoms with van der Waals surface area (Å²) >= 11 is 0. The van der Waals surface area contributed by atoms with Crippen molar-refractivity contribution in [2.45, 2.75) is 38.5 Å². The van der Waals surface area contributed by atoms with E-state index >= 15 is 0 Å². The van der Waals surface area contributed by atoms with Gasteiger partial charge in [0.15, 0.2) is 5.78 Å². The van der Waals surface area contributed by atoms with Gasteiger partial charge in [-0.1, -0.05) is 76.2 Å². The van der Waals surface area contributed by atoms with Gasteiger partial charge < -0.3 is 20.9 Å². The Labute approximate surface area is 282 Å². The first-order valence-electron chi connectivity index (χ1n) is 16.0. The third kappa shape index (κ3) is 6.96. The molecule has 5 heteroatoms. The van der Waals surface area contributed by atoms with Crippen LogP contribution in [-0.4, -0.2) is 5.78 Å². The molecule has 0 heterocycles. The van der Waals surface area contributed by atoms with E-state index < -0.39 is 0 Å². The Kier molecular flexibility index (Phi) is 8.79. The van der Waals surface area contributed by atoms with Crippen LogP contribution in [0.1, 0.15) is 65.9 Å². The van der Waals surface area contributed by atoms with Crippen molar-refractivity contribution in [1.29, 1.82) is 0 Å². The zero-order valence-electron chi connectivity index (χ0n) is 27.7. The van der Waals surface area contributed by atoms with Crippen molar-refractivity contribution in [1.82, 2.24) is 0 Å². The molecule has 0 fully saturated rings. The minimum atomic E-state index is -0.260. The molecule has 0 aromatic heterocycles. The number of hydrogen-bond donors (Lipinski definition) is 2. The predicted molar refractivity (Wildman–Crippen MR) is 195 cm³/mol. The average Bonchev–Trinajstić information content (AvgIpc) is 3.09. The number of benzene rings is 6. The van der Waals surface area contributed by atoms with Crippen LogP contribution in [0.4, 0.5) is 11.4 Å². The van der Waals surface area contributed by atoms with E-state index in [1.54, 1.807) is 24.3 Å². The summed E-state index contributed by atoms with van der Waals surface area (Å²) < 4.78 is 12.4. The molecule has 0 spiro atoms. The maximum atomic E-state index is 13.3. The van der Waals surface area contributed by atoms with Crippen LogP contribution in [0.5, 0.6) is 23.0 Å². The van der Waals surface area contributed by atoms with Crippen molar-refractivity contribution in [2.75, 3.05) is 11.5 Å². The Morgan fingerprint density at radius 1 is 0.438 bits per heavy atom. The minimum Gasteiger partial charge on any atom is -0.457 e. The van der Waals surface area contributed by atoms with Crippen LogP contribution in [0.25, 0.3) is 0 Å². The lowest BCUT2D eigenvalue weighted by Gasteiger charge is -2.27. The van der Waals surface area contributed by atoms with E-state index in [9.17, 15) is 4.79 Å². The Balaban J connectivity index is 1.11. The van der Waals surface area contributed by atoms with Gasteiger partial charge in [0.05, 0.1) is 0 Å². The highest BCUT2D eigenvalue weighted by Gasteiger charge is 2.25. The summed E-state index contributed by atoms with van der Waals surface area (Å²) in [6, 6.07) is 46.5. The first-order chi connectivity index (χ1) is 23.0. The van der Waals surface area contributed by atoms with Crippen molar-refractivity contribution < 1.29 is 14.3 Å². The van der Waals surface area contributed by atoms with Gasteiger partial charge >= 0.3 is 0 Å². The number of carbonyl (C=O) groups is 1. The number of carbonyl (C=O) groups excluding carboxylic acids is 1. The van der Waals surface area contributed by atoms with E-state index in [2.05, 4.69) is 52.0 Å². The maximum absolute atomic E-state index is 13.3. The lowest BCUT2D eigenvalue weighted by molar-refractivity contribution is 0.103. The second kappa shape index (κ2) is 13.1. The van der Waals surface area contributed by atoms with Crippen LogP contribution in [0.3, 0.4) is 0 Å². The molecule has 0 radical (unpaired) electrons. The SMILES string of the molecule is CC(C)(c1cccc(N)c1)c1cccc(Oc2ccc(C(=O)c3ccc(Oc4cccc(C(C)(C)c5cccc(N)c5)c4)cc3)cc2)c1. The van der Waals surface area contributed by atoms with Gasteiger partial charge in [-0.05, 0) is 119 Å². The second-order valence-electron chi connectivity index (χ2n) is 13.1.